The second-order valence-corrected chi connectivity index (χ2v) is 3.78. The van der Waals surface area contributed by atoms with Crippen molar-refractivity contribution in [1.29, 1.82) is 0 Å². The fourth-order valence-electron chi connectivity index (χ4n) is 1.80. The fraction of sp³-hybridized carbons (Fsp3) is 0.500. The number of hydrogen-bond donors (Lipinski definition) is 2. The summed E-state index contributed by atoms with van der Waals surface area (Å²) in [5.74, 6) is -0.517. The normalized spacial score (nSPS) is 18.1. The summed E-state index contributed by atoms with van der Waals surface area (Å²) >= 11 is 0. The second kappa shape index (κ2) is 4.44. The zero-order valence-electron chi connectivity index (χ0n) is 9.47. The molecule has 1 aromatic heterocycles. The Kier molecular flexibility index (Phi) is 2.99. The van der Waals surface area contributed by atoms with Gasteiger partial charge in [-0.2, -0.15) is 5.10 Å². The number of rotatable bonds is 3. The summed E-state index contributed by atoms with van der Waals surface area (Å²) in [6, 6.07) is 0. The highest BCUT2D eigenvalue weighted by Gasteiger charge is 2.28. The number of aromatic nitrogens is 2. The summed E-state index contributed by atoms with van der Waals surface area (Å²) in [5.41, 5.74) is 5.54. The van der Waals surface area contributed by atoms with Crippen molar-refractivity contribution in [2.24, 2.45) is 11.7 Å². The number of anilines is 1. The SMILES string of the molecule is CCOC(=O)C1CNc2c(C(N)=O)cnn2C1. The Hall–Kier alpha value is -2.05. The minimum absolute atomic E-state index is 0.262. The number of nitrogens with two attached hydrogens (primary N) is 1. The Morgan fingerprint density at radius 2 is 2.47 bits per heavy atom. The van der Waals surface area contributed by atoms with E-state index < -0.39 is 5.91 Å². The first kappa shape index (κ1) is 11.4. The van der Waals surface area contributed by atoms with E-state index >= 15 is 0 Å². The molecule has 1 aromatic rings. The number of ether oxygens (including phenoxy) is 1. The van der Waals surface area contributed by atoms with Crippen LogP contribution in [-0.4, -0.2) is 34.8 Å². The van der Waals surface area contributed by atoms with E-state index in [4.69, 9.17) is 10.5 Å². The van der Waals surface area contributed by atoms with Crippen LogP contribution in [0, 0.1) is 5.92 Å². The van der Waals surface area contributed by atoms with Crippen LogP contribution >= 0.6 is 0 Å². The zero-order valence-corrected chi connectivity index (χ0v) is 9.47. The van der Waals surface area contributed by atoms with Crippen molar-refractivity contribution >= 4 is 17.7 Å². The highest BCUT2D eigenvalue weighted by molar-refractivity contribution is 5.97. The number of nitrogens with zero attached hydrogens (tertiary/aromatic N) is 2. The van der Waals surface area contributed by atoms with Crippen LogP contribution in [0.5, 0.6) is 0 Å². The standard InChI is InChI=1S/C10H14N4O3/c1-2-17-10(16)6-3-12-9-7(8(11)15)4-13-14(9)5-6/h4,6,12H,2-3,5H2,1H3,(H2,11,15). The molecule has 1 aliphatic heterocycles. The van der Waals surface area contributed by atoms with Crippen LogP contribution in [0.4, 0.5) is 5.82 Å². The van der Waals surface area contributed by atoms with Gasteiger partial charge in [-0.1, -0.05) is 0 Å². The maximum atomic E-state index is 11.6. The number of hydrogen-bond acceptors (Lipinski definition) is 5. The monoisotopic (exact) mass is 238 g/mol. The molecule has 1 unspecified atom stereocenters. The molecule has 7 nitrogen and oxygen atoms in total. The van der Waals surface area contributed by atoms with Crippen LogP contribution in [0.3, 0.4) is 0 Å². The second-order valence-electron chi connectivity index (χ2n) is 3.78. The zero-order chi connectivity index (χ0) is 12.4. The number of carbonyl (C=O) groups excluding carboxylic acids is 2. The number of primary amides is 1. The molecule has 0 bridgehead atoms. The first-order valence-corrected chi connectivity index (χ1v) is 5.39. The summed E-state index contributed by atoms with van der Waals surface area (Å²) in [4.78, 5) is 22.6. The van der Waals surface area contributed by atoms with Gasteiger partial charge >= 0.3 is 5.97 Å². The highest BCUT2D eigenvalue weighted by Crippen LogP contribution is 2.21. The van der Waals surface area contributed by atoms with Crippen molar-refractivity contribution in [3.63, 3.8) is 0 Å². The van der Waals surface area contributed by atoms with Crippen LogP contribution in [-0.2, 0) is 16.1 Å². The lowest BCUT2D eigenvalue weighted by Gasteiger charge is -2.23. The number of esters is 1. The van der Waals surface area contributed by atoms with Gasteiger partial charge in [0, 0.05) is 6.54 Å². The largest absolute Gasteiger partial charge is 0.466 e. The summed E-state index contributed by atoms with van der Waals surface area (Å²) < 4.78 is 6.50. The third-order valence-electron chi connectivity index (χ3n) is 2.63. The van der Waals surface area contributed by atoms with Gasteiger partial charge < -0.3 is 15.8 Å². The topological polar surface area (TPSA) is 99.2 Å². The average molecular weight is 238 g/mol. The molecular weight excluding hydrogens is 224 g/mol. The van der Waals surface area contributed by atoms with Gasteiger partial charge in [0.2, 0.25) is 0 Å². The summed E-state index contributed by atoms with van der Waals surface area (Å²) in [7, 11) is 0. The van der Waals surface area contributed by atoms with Gasteiger partial charge in [-0.25, -0.2) is 4.68 Å². The molecule has 0 aliphatic carbocycles. The molecule has 0 saturated carbocycles. The van der Waals surface area contributed by atoms with Crippen LogP contribution < -0.4 is 11.1 Å². The van der Waals surface area contributed by atoms with Gasteiger partial charge in [0.1, 0.15) is 11.4 Å². The molecule has 92 valence electrons. The Labute approximate surface area is 97.9 Å². The van der Waals surface area contributed by atoms with Gasteiger partial charge in [0.15, 0.2) is 0 Å². The van der Waals surface area contributed by atoms with E-state index in [-0.39, 0.29) is 11.9 Å². The van der Waals surface area contributed by atoms with Crippen molar-refractivity contribution in [3.05, 3.63) is 11.8 Å². The number of carbonyl (C=O) groups is 2. The van der Waals surface area contributed by atoms with E-state index in [0.29, 0.717) is 31.1 Å². The predicted molar refractivity (Wildman–Crippen MR) is 59.4 cm³/mol. The average Bonchev–Trinajstić information content (AvgIpc) is 2.71. The van der Waals surface area contributed by atoms with E-state index in [9.17, 15) is 9.59 Å². The maximum absolute atomic E-state index is 11.6. The molecule has 2 rings (SSSR count). The van der Waals surface area contributed by atoms with Crippen LogP contribution in [0.1, 0.15) is 17.3 Å². The molecule has 3 N–H and O–H groups in total. The molecule has 0 radical (unpaired) electrons. The molecular formula is C10H14N4O3. The first-order valence-electron chi connectivity index (χ1n) is 5.39. The Morgan fingerprint density at radius 1 is 1.71 bits per heavy atom. The van der Waals surface area contributed by atoms with Crippen molar-refractivity contribution in [2.45, 2.75) is 13.5 Å². The summed E-state index contributed by atoms with van der Waals surface area (Å²) in [6.07, 6.45) is 1.40. The highest BCUT2D eigenvalue weighted by atomic mass is 16.5. The molecule has 1 amide bonds. The molecule has 0 fully saturated rings. The smallest absolute Gasteiger partial charge is 0.312 e. The van der Waals surface area contributed by atoms with Gasteiger partial charge in [-0.05, 0) is 6.92 Å². The van der Waals surface area contributed by atoms with Crippen molar-refractivity contribution in [3.8, 4) is 0 Å². The molecule has 2 heterocycles. The minimum atomic E-state index is -0.534. The maximum Gasteiger partial charge on any atom is 0.312 e. The summed E-state index contributed by atoms with van der Waals surface area (Å²) in [5, 5.41) is 7.00. The third-order valence-corrected chi connectivity index (χ3v) is 2.63. The van der Waals surface area contributed by atoms with E-state index in [2.05, 4.69) is 10.4 Å². The fourth-order valence-corrected chi connectivity index (χ4v) is 1.80. The van der Waals surface area contributed by atoms with Crippen LogP contribution in [0.25, 0.3) is 0 Å². The van der Waals surface area contributed by atoms with E-state index in [1.165, 1.54) is 6.20 Å². The van der Waals surface area contributed by atoms with E-state index in [0.717, 1.165) is 0 Å². The van der Waals surface area contributed by atoms with Gasteiger partial charge in [0.25, 0.3) is 5.91 Å². The lowest BCUT2D eigenvalue weighted by molar-refractivity contribution is -0.148. The first-order chi connectivity index (χ1) is 8.13. The van der Waals surface area contributed by atoms with Crippen molar-refractivity contribution in [2.75, 3.05) is 18.5 Å². The molecule has 0 saturated heterocycles. The number of amides is 1. The van der Waals surface area contributed by atoms with Gasteiger partial charge in [0.05, 0.1) is 25.3 Å². The van der Waals surface area contributed by atoms with Crippen molar-refractivity contribution < 1.29 is 14.3 Å². The van der Waals surface area contributed by atoms with Gasteiger partial charge in [-0.3, -0.25) is 9.59 Å². The Morgan fingerprint density at radius 3 is 3.12 bits per heavy atom. The quantitative estimate of drug-likeness (QED) is 0.697. The minimum Gasteiger partial charge on any atom is -0.466 e. The van der Waals surface area contributed by atoms with Crippen molar-refractivity contribution in [1.82, 2.24) is 9.78 Å². The Balaban J connectivity index is 2.15. The summed E-state index contributed by atoms with van der Waals surface area (Å²) in [6.45, 7) is 2.94. The molecule has 1 aliphatic rings. The van der Waals surface area contributed by atoms with Crippen LogP contribution in [0.15, 0.2) is 6.20 Å². The Bertz CT molecular complexity index is 454. The van der Waals surface area contributed by atoms with E-state index in [1.54, 1.807) is 11.6 Å². The number of nitrogens with one attached hydrogen (secondary N) is 1. The molecule has 17 heavy (non-hydrogen) atoms. The third kappa shape index (κ3) is 2.08. The van der Waals surface area contributed by atoms with E-state index in [1.807, 2.05) is 0 Å². The molecule has 0 aromatic carbocycles. The molecule has 0 spiro atoms. The van der Waals surface area contributed by atoms with Gasteiger partial charge in [-0.15, -0.1) is 0 Å². The lowest BCUT2D eigenvalue weighted by atomic mass is 10.1. The molecule has 1 atom stereocenters. The lowest BCUT2D eigenvalue weighted by Crippen LogP contribution is -2.35. The molecule has 7 heteroatoms. The predicted octanol–water partition coefficient (Wildman–Crippen LogP) is -0.413. The number of fused-ring (bicyclic) bond motifs is 1. The van der Waals surface area contributed by atoms with Crippen LogP contribution in [0.2, 0.25) is 0 Å².